The maximum atomic E-state index is 11.0. The van der Waals surface area contributed by atoms with Crippen LogP contribution in [0.15, 0.2) is 42.5 Å². The molecule has 23 heavy (non-hydrogen) atoms. The first kappa shape index (κ1) is 15.3. The lowest BCUT2D eigenvalue weighted by Gasteiger charge is -2.06. The number of hydrogen-bond donors (Lipinski definition) is 2. The first-order valence-corrected chi connectivity index (χ1v) is 8.26. The second kappa shape index (κ2) is 5.86. The summed E-state index contributed by atoms with van der Waals surface area (Å²) in [6, 6.07) is 12.4. The summed E-state index contributed by atoms with van der Waals surface area (Å²) < 4.78 is 31.1. The molecule has 3 rings (SSSR count). The minimum Gasteiger partial charge on any atom is -0.497 e. The van der Waals surface area contributed by atoms with Crippen molar-refractivity contribution in [3.63, 3.8) is 0 Å². The minimum atomic E-state index is -3.76. The molecule has 2 aromatic carbocycles. The van der Waals surface area contributed by atoms with E-state index < -0.39 is 10.2 Å². The number of aromatic nitrogens is 3. The molecule has 1 aromatic heterocycles. The van der Waals surface area contributed by atoms with Crippen LogP contribution in [0.2, 0.25) is 0 Å². The Balaban J connectivity index is 1.82. The van der Waals surface area contributed by atoms with Gasteiger partial charge in [-0.2, -0.15) is 8.42 Å². The molecule has 1 heterocycles. The third-order valence-electron chi connectivity index (χ3n) is 3.27. The molecule has 0 saturated carbocycles. The van der Waals surface area contributed by atoms with Gasteiger partial charge < -0.3 is 4.74 Å². The number of fused-ring (bicyclic) bond motifs is 1. The molecule has 0 aliphatic heterocycles. The van der Waals surface area contributed by atoms with Gasteiger partial charge in [-0.25, -0.2) is 9.82 Å². The molecule has 0 radical (unpaired) electrons. The summed E-state index contributed by atoms with van der Waals surface area (Å²) in [5, 5.41) is 13.2. The predicted molar refractivity (Wildman–Crippen MR) is 86.4 cm³/mol. The van der Waals surface area contributed by atoms with E-state index in [4.69, 9.17) is 9.88 Å². The lowest BCUT2D eigenvalue weighted by molar-refractivity contribution is 0.415. The minimum absolute atomic E-state index is 0.407. The fourth-order valence-electron chi connectivity index (χ4n) is 2.21. The fraction of sp³-hybridized carbons (Fsp3) is 0.143. The largest absolute Gasteiger partial charge is 0.497 e. The molecule has 0 unspecified atom stereocenters. The van der Waals surface area contributed by atoms with E-state index >= 15 is 0 Å². The summed E-state index contributed by atoms with van der Waals surface area (Å²) in [4.78, 5) is 0. The number of hydrogen-bond acceptors (Lipinski definition) is 5. The molecule has 0 aliphatic carbocycles. The van der Waals surface area contributed by atoms with Crippen molar-refractivity contribution < 1.29 is 13.2 Å². The number of benzene rings is 2. The van der Waals surface area contributed by atoms with Gasteiger partial charge in [-0.15, -0.1) is 5.10 Å². The monoisotopic (exact) mass is 333 g/mol. The van der Waals surface area contributed by atoms with Crippen LogP contribution in [0.4, 0.5) is 5.69 Å². The SMILES string of the molecule is COc1ccc2c(c1)nnn2Cc1ccc(NS(N)(=O)=O)cc1. The highest BCUT2D eigenvalue weighted by molar-refractivity contribution is 7.90. The van der Waals surface area contributed by atoms with Gasteiger partial charge in [0.05, 0.1) is 19.2 Å². The summed E-state index contributed by atoms with van der Waals surface area (Å²) in [6.07, 6.45) is 0. The van der Waals surface area contributed by atoms with Crippen LogP contribution in [0.3, 0.4) is 0 Å². The van der Waals surface area contributed by atoms with Crippen LogP contribution in [-0.2, 0) is 16.8 Å². The van der Waals surface area contributed by atoms with E-state index in [0.29, 0.717) is 12.2 Å². The Bertz CT molecular complexity index is 935. The maximum absolute atomic E-state index is 11.0. The molecule has 9 heteroatoms. The fourth-order valence-corrected chi connectivity index (χ4v) is 2.68. The zero-order valence-corrected chi connectivity index (χ0v) is 13.1. The van der Waals surface area contributed by atoms with E-state index in [9.17, 15) is 8.42 Å². The van der Waals surface area contributed by atoms with Crippen LogP contribution < -0.4 is 14.6 Å². The lowest BCUT2D eigenvalue weighted by Crippen LogP contribution is -2.21. The number of methoxy groups -OCH3 is 1. The molecule has 3 N–H and O–H groups in total. The smallest absolute Gasteiger partial charge is 0.296 e. The first-order valence-electron chi connectivity index (χ1n) is 6.71. The molecule has 0 amide bonds. The zero-order chi connectivity index (χ0) is 16.4. The van der Waals surface area contributed by atoms with Gasteiger partial charge in [0, 0.05) is 11.8 Å². The van der Waals surface area contributed by atoms with E-state index in [1.165, 1.54) is 0 Å². The highest BCUT2D eigenvalue weighted by atomic mass is 32.2. The van der Waals surface area contributed by atoms with E-state index in [-0.39, 0.29) is 0 Å². The van der Waals surface area contributed by atoms with Crippen LogP contribution in [0, 0.1) is 0 Å². The average Bonchev–Trinajstić information content (AvgIpc) is 2.90. The van der Waals surface area contributed by atoms with Crippen molar-refractivity contribution in [1.82, 2.24) is 15.0 Å². The summed E-state index contributed by atoms with van der Waals surface area (Å²) in [5.41, 5.74) is 2.99. The number of nitrogens with one attached hydrogen (secondary N) is 1. The van der Waals surface area contributed by atoms with Gasteiger partial charge in [-0.05, 0) is 29.8 Å². The Morgan fingerprint density at radius 3 is 2.61 bits per heavy atom. The summed E-state index contributed by atoms with van der Waals surface area (Å²) in [5.74, 6) is 0.725. The highest BCUT2D eigenvalue weighted by Gasteiger charge is 2.07. The average molecular weight is 333 g/mol. The van der Waals surface area contributed by atoms with E-state index in [2.05, 4.69) is 15.0 Å². The van der Waals surface area contributed by atoms with Gasteiger partial charge in [0.2, 0.25) is 0 Å². The number of ether oxygens (including phenoxy) is 1. The molecular formula is C14H15N5O3S. The highest BCUT2D eigenvalue weighted by Crippen LogP contribution is 2.19. The van der Waals surface area contributed by atoms with Crippen molar-refractivity contribution in [3.8, 4) is 5.75 Å². The Morgan fingerprint density at radius 1 is 1.22 bits per heavy atom. The Morgan fingerprint density at radius 2 is 1.96 bits per heavy atom. The van der Waals surface area contributed by atoms with Crippen LogP contribution in [0.25, 0.3) is 11.0 Å². The van der Waals surface area contributed by atoms with Gasteiger partial charge in [-0.1, -0.05) is 17.3 Å². The Kier molecular flexibility index (Phi) is 3.89. The maximum Gasteiger partial charge on any atom is 0.296 e. The standard InChI is InChI=1S/C14H15N5O3S/c1-22-12-6-7-14-13(8-12)16-18-19(14)9-10-2-4-11(5-3-10)17-23(15,20)21/h2-8,17H,9H2,1H3,(H2,15,20,21). The predicted octanol–water partition coefficient (Wildman–Crippen LogP) is 1.10. The molecule has 8 nitrogen and oxygen atoms in total. The van der Waals surface area contributed by atoms with Crippen LogP contribution in [0.1, 0.15) is 5.56 Å². The molecule has 3 aromatic rings. The van der Waals surface area contributed by atoms with Crippen molar-refractivity contribution >= 4 is 26.9 Å². The van der Waals surface area contributed by atoms with E-state index in [0.717, 1.165) is 22.3 Å². The third-order valence-corrected chi connectivity index (χ3v) is 3.79. The second-order valence-corrected chi connectivity index (χ2v) is 6.24. The lowest BCUT2D eigenvalue weighted by atomic mass is 10.2. The van der Waals surface area contributed by atoms with Gasteiger partial charge in [-0.3, -0.25) is 4.72 Å². The number of rotatable bonds is 5. The molecule has 0 atom stereocenters. The normalized spacial score (nSPS) is 11.6. The molecule has 0 bridgehead atoms. The van der Waals surface area contributed by atoms with Crippen LogP contribution >= 0.6 is 0 Å². The van der Waals surface area contributed by atoms with Gasteiger partial charge in [0.1, 0.15) is 11.3 Å². The van der Waals surface area contributed by atoms with Gasteiger partial charge >= 0.3 is 0 Å². The number of nitrogens with two attached hydrogens (primary N) is 1. The molecule has 0 aliphatic rings. The van der Waals surface area contributed by atoms with Crippen LogP contribution in [0.5, 0.6) is 5.75 Å². The van der Waals surface area contributed by atoms with Crippen LogP contribution in [-0.4, -0.2) is 30.5 Å². The van der Waals surface area contributed by atoms with E-state index in [1.54, 1.807) is 36.1 Å². The first-order chi connectivity index (χ1) is 10.9. The summed E-state index contributed by atoms with van der Waals surface area (Å²) in [6.45, 7) is 0.512. The van der Waals surface area contributed by atoms with Crippen molar-refractivity contribution in [2.45, 2.75) is 6.54 Å². The molecule has 120 valence electrons. The molecule has 0 saturated heterocycles. The van der Waals surface area contributed by atoms with Crippen molar-refractivity contribution in [2.24, 2.45) is 5.14 Å². The third kappa shape index (κ3) is 3.58. The number of nitrogens with zero attached hydrogens (tertiary/aromatic N) is 3. The molecular weight excluding hydrogens is 318 g/mol. The second-order valence-electron chi connectivity index (χ2n) is 4.95. The van der Waals surface area contributed by atoms with Gasteiger partial charge in [0.15, 0.2) is 0 Å². The van der Waals surface area contributed by atoms with E-state index in [1.807, 2.05) is 18.2 Å². The quantitative estimate of drug-likeness (QED) is 0.726. The molecule has 0 spiro atoms. The summed E-state index contributed by atoms with van der Waals surface area (Å²) in [7, 11) is -2.16. The van der Waals surface area contributed by atoms with Crippen molar-refractivity contribution in [2.75, 3.05) is 11.8 Å². The van der Waals surface area contributed by atoms with Gasteiger partial charge in [0.25, 0.3) is 10.2 Å². The van der Waals surface area contributed by atoms with Crippen molar-refractivity contribution in [3.05, 3.63) is 48.0 Å². The Labute approximate surface area is 133 Å². The summed E-state index contributed by atoms with van der Waals surface area (Å²) >= 11 is 0. The zero-order valence-electron chi connectivity index (χ0n) is 12.3. The molecule has 0 fully saturated rings. The Hall–Kier alpha value is -2.65. The topological polar surface area (TPSA) is 112 Å². The number of anilines is 1. The van der Waals surface area contributed by atoms with Crippen molar-refractivity contribution in [1.29, 1.82) is 0 Å².